The molecule has 6 nitrogen and oxygen atoms in total. The molecule has 1 aliphatic heterocycles. The van der Waals surface area contributed by atoms with Crippen LogP contribution in [0.25, 0.3) is 0 Å². The SMILES string of the molecule is CN(C)Cc1nnc(C(=O)N2CCC(CCCc3ccccc3)CC2)o1. The van der Waals surface area contributed by atoms with Crippen LogP contribution in [0.2, 0.25) is 0 Å². The summed E-state index contributed by atoms with van der Waals surface area (Å²) in [6.45, 7) is 2.10. The maximum atomic E-state index is 12.5. The molecule has 0 spiro atoms. The van der Waals surface area contributed by atoms with Gasteiger partial charge in [0.25, 0.3) is 0 Å². The number of hydrogen-bond donors (Lipinski definition) is 0. The van der Waals surface area contributed by atoms with Crippen LogP contribution in [0.4, 0.5) is 0 Å². The molecular weight excluding hydrogens is 328 g/mol. The Hall–Kier alpha value is -2.21. The van der Waals surface area contributed by atoms with E-state index in [-0.39, 0.29) is 11.8 Å². The number of aromatic nitrogens is 2. The molecule has 0 bridgehead atoms. The third-order valence-corrected chi connectivity index (χ3v) is 4.92. The van der Waals surface area contributed by atoms with Gasteiger partial charge >= 0.3 is 11.8 Å². The highest BCUT2D eigenvalue weighted by Crippen LogP contribution is 2.24. The van der Waals surface area contributed by atoms with Crippen molar-refractivity contribution < 1.29 is 9.21 Å². The van der Waals surface area contributed by atoms with Crippen LogP contribution < -0.4 is 0 Å². The van der Waals surface area contributed by atoms with E-state index in [0.29, 0.717) is 18.4 Å². The molecule has 1 aromatic heterocycles. The molecule has 1 aromatic carbocycles. The van der Waals surface area contributed by atoms with Gasteiger partial charge in [-0.05, 0) is 57.7 Å². The molecular formula is C20H28N4O2. The molecule has 0 N–H and O–H groups in total. The number of likely N-dealkylation sites (tertiary alicyclic amines) is 1. The zero-order valence-electron chi connectivity index (χ0n) is 15.7. The minimum absolute atomic E-state index is 0.115. The first-order valence-corrected chi connectivity index (χ1v) is 9.42. The highest BCUT2D eigenvalue weighted by Gasteiger charge is 2.26. The van der Waals surface area contributed by atoms with Crippen LogP contribution in [0.3, 0.4) is 0 Å². The molecule has 1 saturated heterocycles. The molecule has 0 atom stereocenters. The van der Waals surface area contributed by atoms with Gasteiger partial charge in [0.1, 0.15) is 0 Å². The van der Waals surface area contributed by atoms with Crippen LogP contribution in [-0.2, 0) is 13.0 Å². The Morgan fingerprint density at radius 1 is 1.19 bits per heavy atom. The second kappa shape index (κ2) is 8.94. The summed E-state index contributed by atoms with van der Waals surface area (Å²) in [5.41, 5.74) is 1.41. The molecule has 0 unspecified atom stereocenters. The molecule has 1 aliphatic rings. The van der Waals surface area contributed by atoms with Crippen LogP contribution in [0.15, 0.2) is 34.7 Å². The topological polar surface area (TPSA) is 62.5 Å². The van der Waals surface area contributed by atoms with Gasteiger partial charge in [-0.25, -0.2) is 0 Å². The summed E-state index contributed by atoms with van der Waals surface area (Å²) in [5.74, 6) is 1.17. The second-order valence-corrected chi connectivity index (χ2v) is 7.35. The number of piperidine rings is 1. The molecule has 0 radical (unpaired) electrons. The van der Waals surface area contributed by atoms with Crippen LogP contribution >= 0.6 is 0 Å². The number of carbonyl (C=O) groups excluding carboxylic acids is 1. The van der Waals surface area contributed by atoms with Gasteiger partial charge in [0.05, 0.1) is 6.54 Å². The average Bonchev–Trinajstić information content (AvgIpc) is 3.10. The van der Waals surface area contributed by atoms with Gasteiger partial charge in [-0.3, -0.25) is 4.79 Å². The fourth-order valence-electron chi connectivity index (χ4n) is 3.47. The Balaban J connectivity index is 1.41. The Kier molecular flexibility index (Phi) is 6.39. The molecule has 2 heterocycles. The fourth-order valence-corrected chi connectivity index (χ4v) is 3.47. The summed E-state index contributed by atoms with van der Waals surface area (Å²) < 4.78 is 5.50. The van der Waals surface area contributed by atoms with Crippen molar-refractivity contribution in [1.29, 1.82) is 0 Å². The Morgan fingerprint density at radius 2 is 1.92 bits per heavy atom. The summed E-state index contributed by atoms with van der Waals surface area (Å²) in [6, 6.07) is 10.6. The first-order valence-electron chi connectivity index (χ1n) is 9.42. The standard InChI is InChI=1S/C20H28N4O2/c1-23(2)15-18-21-22-19(26-18)20(25)24-13-11-17(12-14-24)10-6-9-16-7-4-3-5-8-16/h3-5,7-8,17H,6,9-15H2,1-2H3. The smallest absolute Gasteiger partial charge is 0.311 e. The average molecular weight is 356 g/mol. The monoisotopic (exact) mass is 356 g/mol. The maximum Gasteiger partial charge on any atom is 0.311 e. The fraction of sp³-hybridized carbons (Fsp3) is 0.550. The van der Waals surface area contributed by atoms with Gasteiger partial charge in [0.15, 0.2) is 0 Å². The van der Waals surface area contributed by atoms with Gasteiger partial charge < -0.3 is 14.2 Å². The van der Waals surface area contributed by atoms with Crippen molar-refractivity contribution in [3.8, 4) is 0 Å². The lowest BCUT2D eigenvalue weighted by molar-refractivity contribution is 0.0643. The molecule has 1 amide bonds. The first kappa shape index (κ1) is 18.6. The van der Waals surface area contributed by atoms with Crippen LogP contribution in [0.1, 0.15) is 47.8 Å². The molecule has 2 aromatic rings. The summed E-state index contributed by atoms with van der Waals surface area (Å²) in [4.78, 5) is 16.3. The van der Waals surface area contributed by atoms with Gasteiger partial charge in [-0.2, -0.15) is 0 Å². The van der Waals surface area contributed by atoms with Crippen molar-refractivity contribution in [1.82, 2.24) is 20.0 Å². The highest BCUT2D eigenvalue weighted by atomic mass is 16.4. The van der Waals surface area contributed by atoms with E-state index in [2.05, 4.69) is 40.5 Å². The molecule has 1 fully saturated rings. The first-order chi connectivity index (χ1) is 12.6. The largest absolute Gasteiger partial charge is 0.415 e. The van der Waals surface area contributed by atoms with E-state index in [0.717, 1.165) is 32.4 Å². The lowest BCUT2D eigenvalue weighted by Gasteiger charge is -2.31. The zero-order valence-corrected chi connectivity index (χ0v) is 15.7. The van der Waals surface area contributed by atoms with Crippen molar-refractivity contribution in [2.45, 2.75) is 38.6 Å². The second-order valence-electron chi connectivity index (χ2n) is 7.35. The minimum Gasteiger partial charge on any atom is -0.415 e. The molecule has 26 heavy (non-hydrogen) atoms. The summed E-state index contributed by atoms with van der Waals surface area (Å²) in [6.07, 6.45) is 5.68. The summed E-state index contributed by atoms with van der Waals surface area (Å²) in [7, 11) is 3.85. The predicted octanol–water partition coefficient (Wildman–Crippen LogP) is 3.01. The Morgan fingerprint density at radius 3 is 2.62 bits per heavy atom. The molecule has 140 valence electrons. The van der Waals surface area contributed by atoms with Crippen molar-refractivity contribution in [3.05, 3.63) is 47.7 Å². The lowest BCUT2D eigenvalue weighted by Crippen LogP contribution is -2.38. The van der Waals surface area contributed by atoms with E-state index >= 15 is 0 Å². The van der Waals surface area contributed by atoms with E-state index in [1.54, 1.807) is 0 Å². The van der Waals surface area contributed by atoms with E-state index in [1.165, 1.54) is 18.4 Å². The third-order valence-electron chi connectivity index (χ3n) is 4.92. The van der Waals surface area contributed by atoms with Crippen molar-refractivity contribution >= 4 is 5.91 Å². The van der Waals surface area contributed by atoms with Crippen molar-refractivity contribution in [3.63, 3.8) is 0 Å². The molecule has 3 rings (SSSR count). The van der Waals surface area contributed by atoms with E-state index in [4.69, 9.17) is 4.42 Å². The number of rotatable bonds is 7. The summed E-state index contributed by atoms with van der Waals surface area (Å²) >= 11 is 0. The van der Waals surface area contributed by atoms with E-state index in [1.807, 2.05) is 23.9 Å². The quantitative estimate of drug-likeness (QED) is 0.763. The number of nitrogens with zero attached hydrogens (tertiary/aromatic N) is 4. The number of aryl methyl sites for hydroxylation is 1. The number of amides is 1. The number of hydrogen-bond acceptors (Lipinski definition) is 5. The van der Waals surface area contributed by atoms with E-state index < -0.39 is 0 Å². The number of carbonyl (C=O) groups is 1. The van der Waals surface area contributed by atoms with Crippen molar-refractivity contribution in [2.75, 3.05) is 27.2 Å². The van der Waals surface area contributed by atoms with Gasteiger partial charge in [-0.15, -0.1) is 10.2 Å². The van der Waals surface area contributed by atoms with Gasteiger partial charge in [0.2, 0.25) is 5.89 Å². The van der Waals surface area contributed by atoms with Crippen LogP contribution in [-0.4, -0.2) is 53.1 Å². The molecule has 0 saturated carbocycles. The Bertz CT molecular complexity index is 691. The summed E-state index contributed by atoms with van der Waals surface area (Å²) in [5, 5.41) is 7.86. The third kappa shape index (κ3) is 5.14. The maximum absolute atomic E-state index is 12.5. The normalized spacial score (nSPS) is 15.6. The van der Waals surface area contributed by atoms with Crippen LogP contribution in [0.5, 0.6) is 0 Å². The number of benzene rings is 1. The predicted molar refractivity (Wildman–Crippen MR) is 99.7 cm³/mol. The lowest BCUT2D eigenvalue weighted by atomic mass is 9.90. The zero-order chi connectivity index (χ0) is 18.4. The van der Waals surface area contributed by atoms with Gasteiger partial charge in [0, 0.05) is 13.1 Å². The Labute approximate surface area is 155 Å². The highest BCUT2D eigenvalue weighted by molar-refractivity contribution is 5.89. The van der Waals surface area contributed by atoms with Gasteiger partial charge in [-0.1, -0.05) is 30.3 Å². The minimum atomic E-state index is -0.134. The molecule has 0 aliphatic carbocycles. The van der Waals surface area contributed by atoms with Crippen LogP contribution in [0, 0.1) is 5.92 Å². The molecule has 6 heteroatoms. The van der Waals surface area contributed by atoms with Crippen molar-refractivity contribution in [2.24, 2.45) is 5.92 Å². The van der Waals surface area contributed by atoms with E-state index in [9.17, 15) is 4.79 Å².